The van der Waals surface area contributed by atoms with Gasteiger partial charge in [0.25, 0.3) is 11.4 Å². The van der Waals surface area contributed by atoms with Crippen molar-refractivity contribution in [2.75, 3.05) is 0 Å². The normalized spacial score (nSPS) is 10.9. The lowest BCUT2D eigenvalue weighted by atomic mass is 10.1. The van der Waals surface area contributed by atoms with Crippen LogP contribution in [0.5, 0.6) is 17.2 Å². The highest BCUT2D eigenvalue weighted by atomic mass is 16.6. The molecule has 0 bridgehead atoms. The fourth-order valence-corrected chi connectivity index (χ4v) is 3.36. The molecule has 3 rings (SSSR count). The summed E-state index contributed by atoms with van der Waals surface area (Å²) in [4.78, 5) is 22.8. The average Bonchev–Trinajstić information content (AvgIpc) is 2.73. The molecule has 0 radical (unpaired) electrons. The van der Waals surface area contributed by atoms with E-state index in [0.29, 0.717) is 5.56 Å². The number of rotatable bonds is 8. The van der Waals surface area contributed by atoms with E-state index < -0.39 is 9.85 Å². The minimum atomic E-state index is -0.577. The number of nitro benzene ring substituents is 2. The standard InChI is InChI=1S/C22H21N3O7/c1-14-2-5-20(26)15(8-14)11-23(12-16-9-18(24(29)30)3-6-21(16)27)13-17-10-19(25(31)32)4-7-22(17)28/h2-10,26-28H,11-13H2,1H3. The van der Waals surface area contributed by atoms with Crippen LogP contribution in [0.15, 0.2) is 54.6 Å². The van der Waals surface area contributed by atoms with Crippen LogP contribution in [0, 0.1) is 27.2 Å². The molecule has 0 aliphatic heterocycles. The summed E-state index contributed by atoms with van der Waals surface area (Å²) in [5.74, 6) is -0.276. The predicted octanol–water partition coefficient (Wildman–Crippen LogP) is 4.13. The van der Waals surface area contributed by atoms with Gasteiger partial charge in [-0.15, -0.1) is 0 Å². The Kier molecular flexibility index (Phi) is 6.55. The second-order valence-corrected chi connectivity index (χ2v) is 7.42. The molecule has 0 atom stereocenters. The van der Waals surface area contributed by atoms with Crippen LogP contribution in [-0.4, -0.2) is 30.1 Å². The van der Waals surface area contributed by atoms with Crippen LogP contribution in [0.3, 0.4) is 0 Å². The third kappa shape index (κ3) is 5.29. The number of nitro groups is 2. The van der Waals surface area contributed by atoms with Crippen LogP contribution >= 0.6 is 0 Å². The van der Waals surface area contributed by atoms with Gasteiger partial charge in [0.05, 0.1) is 9.85 Å². The van der Waals surface area contributed by atoms with E-state index in [1.54, 1.807) is 23.1 Å². The zero-order valence-electron chi connectivity index (χ0n) is 17.1. The first kappa shape index (κ1) is 22.5. The summed E-state index contributed by atoms with van der Waals surface area (Å²) in [7, 11) is 0. The lowest BCUT2D eigenvalue weighted by Gasteiger charge is -2.24. The van der Waals surface area contributed by atoms with Gasteiger partial charge in [-0.1, -0.05) is 17.7 Å². The molecule has 0 fully saturated rings. The van der Waals surface area contributed by atoms with Crippen molar-refractivity contribution in [1.29, 1.82) is 0 Å². The van der Waals surface area contributed by atoms with E-state index in [-0.39, 0.29) is 59.4 Å². The summed E-state index contributed by atoms with van der Waals surface area (Å²) in [6.07, 6.45) is 0. The monoisotopic (exact) mass is 439 g/mol. The van der Waals surface area contributed by atoms with Gasteiger partial charge in [-0.25, -0.2) is 0 Å². The summed E-state index contributed by atoms with van der Waals surface area (Å²) in [6, 6.07) is 12.3. The summed E-state index contributed by atoms with van der Waals surface area (Å²) in [5.41, 5.74) is 1.57. The fourth-order valence-electron chi connectivity index (χ4n) is 3.36. The summed E-state index contributed by atoms with van der Waals surface area (Å²) >= 11 is 0. The van der Waals surface area contributed by atoms with Crippen LogP contribution in [0.4, 0.5) is 11.4 Å². The molecule has 0 aromatic heterocycles. The molecule has 3 aromatic carbocycles. The molecule has 0 aliphatic rings. The van der Waals surface area contributed by atoms with E-state index in [9.17, 15) is 35.5 Å². The van der Waals surface area contributed by atoms with Gasteiger partial charge in [0.1, 0.15) is 17.2 Å². The Morgan fingerprint density at radius 1 is 0.688 bits per heavy atom. The maximum absolute atomic E-state index is 11.1. The van der Waals surface area contributed by atoms with Crippen molar-refractivity contribution in [2.24, 2.45) is 0 Å². The van der Waals surface area contributed by atoms with Crippen LogP contribution in [0.2, 0.25) is 0 Å². The molecule has 3 aromatic rings. The molecule has 0 spiro atoms. The van der Waals surface area contributed by atoms with Crippen molar-refractivity contribution in [2.45, 2.75) is 26.6 Å². The van der Waals surface area contributed by atoms with Crippen LogP contribution in [-0.2, 0) is 19.6 Å². The van der Waals surface area contributed by atoms with Gasteiger partial charge < -0.3 is 15.3 Å². The fraction of sp³-hybridized carbons (Fsp3) is 0.182. The number of aryl methyl sites for hydroxylation is 1. The highest BCUT2D eigenvalue weighted by Crippen LogP contribution is 2.30. The lowest BCUT2D eigenvalue weighted by molar-refractivity contribution is -0.385. The third-order valence-electron chi connectivity index (χ3n) is 4.96. The second kappa shape index (κ2) is 9.31. The topological polar surface area (TPSA) is 150 Å². The Hall–Kier alpha value is -4.18. The van der Waals surface area contributed by atoms with Crippen molar-refractivity contribution in [1.82, 2.24) is 4.90 Å². The Morgan fingerprint density at radius 2 is 1.06 bits per heavy atom. The second-order valence-electron chi connectivity index (χ2n) is 7.42. The molecule has 0 heterocycles. The van der Waals surface area contributed by atoms with Gasteiger partial charge in [0.2, 0.25) is 0 Å². The first-order chi connectivity index (χ1) is 15.1. The number of aromatic hydroxyl groups is 3. The van der Waals surface area contributed by atoms with Gasteiger partial charge in [0.15, 0.2) is 0 Å². The zero-order chi connectivity index (χ0) is 23.4. The van der Waals surface area contributed by atoms with Crippen molar-refractivity contribution >= 4 is 11.4 Å². The average molecular weight is 439 g/mol. The van der Waals surface area contributed by atoms with E-state index >= 15 is 0 Å². The Bertz CT molecular complexity index is 1110. The van der Waals surface area contributed by atoms with Gasteiger partial charge in [-0.2, -0.15) is 0 Å². The highest BCUT2D eigenvalue weighted by Gasteiger charge is 2.19. The molecule has 0 unspecified atom stereocenters. The predicted molar refractivity (Wildman–Crippen MR) is 115 cm³/mol. The molecule has 166 valence electrons. The van der Waals surface area contributed by atoms with Crippen LogP contribution in [0.25, 0.3) is 0 Å². The van der Waals surface area contributed by atoms with Crippen LogP contribution in [0.1, 0.15) is 22.3 Å². The molecular weight excluding hydrogens is 418 g/mol. The van der Waals surface area contributed by atoms with E-state index in [0.717, 1.165) is 5.56 Å². The molecule has 0 aliphatic carbocycles. The smallest absolute Gasteiger partial charge is 0.270 e. The number of hydrogen-bond donors (Lipinski definition) is 3. The largest absolute Gasteiger partial charge is 0.508 e. The number of benzene rings is 3. The minimum absolute atomic E-state index is 0.0169. The van der Waals surface area contributed by atoms with Gasteiger partial charge in [0, 0.05) is 60.6 Å². The summed E-state index contributed by atoms with van der Waals surface area (Å²) in [5, 5.41) is 53.0. The Labute approximate surface area is 182 Å². The molecule has 0 saturated heterocycles. The Balaban J connectivity index is 1.99. The molecule has 3 N–H and O–H groups in total. The van der Waals surface area contributed by atoms with E-state index in [2.05, 4.69) is 0 Å². The summed E-state index contributed by atoms with van der Waals surface area (Å²) < 4.78 is 0. The molecule has 0 amide bonds. The molecule has 10 nitrogen and oxygen atoms in total. The highest BCUT2D eigenvalue weighted by molar-refractivity contribution is 5.45. The van der Waals surface area contributed by atoms with Gasteiger partial charge in [-0.05, 0) is 25.1 Å². The SMILES string of the molecule is Cc1ccc(O)c(CN(Cc2cc([N+](=O)[O-])ccc2O)Cc2cc([N+](=O)[O-])ccc2O)c1. The number of non-ortho nitro benzene ring substituents is 2. The Morgan fingerprint density at radius 3 is 1.47 bits per heavy atom. The zero-order valence-corrected chi connectivity index (χ0v) is 17.1. The number of hydrogen-bond acceptors (Lipinski definition) is 8. The number of nitrogens with zero attached hydrogens (tertiary/aromatic N) is 3. The number of phenols is 3. The first-order valence-electron chi connectivity index (χ1n) is 9.57. The van der Waals surface area contributed by atoms with Crippen molar-refractivity contribution in [3.05, 3.63) is 97.1 Å². The van der Waals surface area contributed by atoms with Gasteiger partial charge >= 0.3 is 0 Å². The third-order valence-corrected chi connectivity index (χ3v) is 4.96. The van der Waals surface area contributed by atoms with Crippen molar-refractivity contribution < 1.29 is 25.2 Å². The first-order valence-corrected chi connectivity index (χ1v) is 9.57. The molecule has 32 heavy (non-hydrogen) atoms. The lowest BCUT2D eigenvalue weighted by Crippen LogP contribution is -2.23. The van der Waals surface area contributed by atoms with E-state index in [4.69, 9.17) is 0 Å². The molecule has 0 saturated carbocycles. The maximum Gasteiger partial charge on any atom is 0.270 e. The van der Waals surface area contributed by atoms with E-state index in [1.807, 2.05) is 6.92 Å². The quantitative estimate of drug-likeness (QED) is 0.350. The van der Waals surface area contributed by atoms with Crippen LogP contribution < -0.4 is 0 Å². The summed E-state index contributed by atoms with van der Waals surface area (Å²) in [6.45, 7) is 2.04. The van der Waals surface area contributed by atoms with Crippen molar-refractivity contribution in [3.63, 3.8) is 0 Å². The minimum Gasteiger partial charge on any atom is -0.508 e. The van der Waals surface area contributed by atoms with Gasteiger partial charge in [-0.3, -0.25) is 25.1 Å². The van der Waals surface area contributed by atoms with Crippen molar-refractivity contribution in [3.8, 4) is 17.2 Å². The van der Waals surface area contributed by atoms with E-state index in [1.165, 1.54) is 36.4 Å². The maximum atomic E-state index is 11.1. The molecule has 10 heteroatoms. The number of phenolic OH excluding ortho intramolecular Hbond substituents is 3. The molecular formula is C22H21N3O7.